The van der Waals surface area contributed by atoms with Crippen molar-refractivity contribution < 1.29 is 24.4 Å². The van der Waals surface area contributed by atoms with Crippen LogP contribution in [0.25, 0.3) is 0 Å². The first-order valence-corrected chi connectivity index (χ1v) is 6.23. The molecule has 1 atom stereocenters. The van der Waals surface area contributed by atoms with Gasteiger partial charge in [-0.1, -0.05) is 30.3 Å². The number of carboxylic acid groups (broad SMARTS) is 1. The molecular weight excluding hydrogens is 290 g/mol. The maximum absolute atomic E-state index is 12.0. The highest BCUT2D eigenvalue weighted by atomic mass is 16.6. The van der Waals surface area contributed by atoms with Crippen molar-refractivity contribution >= 4 is 17.6 Å². The molecule has 0 bridgehead atoms. The van der Waals surface area contributed by atoms with Gasteiger partial charge in [0.05, 0.1) is 4.92 Å². The number of carboxylic acids is 1. The van der Waals surface area contributed by atoms with E-state index in [4.69, 9.17) is 4.74 Å². The van der Waals surface area contributed by atoms with Gasteiger partial charge in [0, 0.05) is 12.1 Å². The van der Waals surface area contributed by atoms with E-state index < -0.39 is 22.8 Å². The second kappa shape index (κ2) is 6.49. The first-order chi connectivity index (χ1) is 10.5. The van der Waals surface area contributed by atoms with Gasteiger partial charge in [-0.3, -0.25) is 19.7 Å². The maximum atomic E-state index is 12.0. The summed E-state index contributed by atoms with van der Waals surface area (Å²) in [6.45, 7) is 0. The minimum Gasteiger partial charge on any atom is -0.480 e. The summed E-state index contributed by atoms with van der Waals surface area (Å²) in [5, 5.41) is 19.7. The van der Waals surface area contributed by atoms with Crippen LogP contribution in [0.5, 0.6) is 5.75 Å². The number of ether oxygens (including phenoxy) is 1. The number of carbonyl (C=O) groups is 2. The standard InChI is InChI=1S/C15H11NO6/c17-14(18)13(10-4-2-1-3-5-10)15(19)22-12-8-6-11(7-9-12)16(20)21/h1-9,13H,(H,17,18). The lowest BCUT2D eigenvalue weighted by atomic mass is 10.00. The van der Waals surface area contributed by atoms with E-state index in [1.54, 1.807) is 18.2 Å². The molecule has 2 rings (SSSR count). The number of non-ortho nitro benzene ring substituents is 1. The molecule has 0 aliphatic carbocycles. The fraction of sp³-hybridized carbons (Fsp3) is 0.0667. The van der Waals surface area contributed by atoms with Gasteiger partial charge in [0.1, 0.15) is 5.75 Å². The van der Waals surface area contributed by atoms with Gasteiger partial charge in [0.2, 0.25) is 0 Å². The van der Waals surface area contributed by atoms with Gasteiger partial charge < -0.3 is 9.84 Å². The Hall–Kier alpha value is -3.22. The zero-order valence-electron chi connectivity index (χ0n) is 11.2. The Balaban J connectivity index is 2.18. The van der Waals surface area contributed by atoms with E-state index in [9.17, 15) is 24.8 Å². The number of esters is 1. The molecule has 0 amide bonds. The van der Waals surface area contributed by atoms with Crippen LogP contribution in [0.15, 0.2) is 54.6 Å². The molecule has 0 aromatic heterocycles. The molecule has 22 heavy (non-hydrogen) atoms. The van der Waals surface area contributed by atoms with Gasteiger partial charge in [0.15, 0.2) is 5.92 Å². The second-order valence-corrected chi connectivity index (χ2v) is 4.35. The fourth-order valence-corrected chi connectivity index (χ4v) is 1.84. The molecule has 2 aromatic rings. The Kier molecular flexibility index (Phi) is 4.47. The third-order valence-corrected chi connectivity index (χ3v) is 2.88. The van der Waals surface area contributed by atoms with Crippen LogP contribution in [-0.2, 0) is 9.59 Å². The highest BCUT2D eigenvalue weighted by molar-refractivity contribution is 6.00. The van der Waals surface area contributed by atoms with Crippen molar-refractivity contribution in [1.82, 2.24) is 0 Å². The van der Waals surface area contributed by atoms with Crippen molar-refractivity contribution in [3.8, 4) is 5.75 Å². The van der Waals surface area contributed by atoms with Crippen molar-refractivity contribution in [2.75, 3.05) is 0 Å². The number of hydrogen-bond acceptors (Lipinski definition) is 5. The van der Waals surface area contributed by atoms with E-state index >= 15 is 0 Å². The van der Waals surface area contributed by atoms with Crippen LogP contribution in [0.2, 0.25) is 0 Å². The Morgan fingerprint density at radius 2 is 1.64 bits per heavy atom. The number of nitrogens with zero attached hydrogens (tertiary/aromatic N) is 1. The SMILES string of the molecule is O=C(O)C(C(=O)Oc1ccc([N+](=O)[O-])cc1)c1ccccc1. The van der Waals surface area contributed by atoms with E-state index in [1.165, 1.54) is 36.4 Å². The lowest BCUT2D eigenvalue weighted by Crippen LogP contribution is -2.25. The topological polar surface area (TPSA) is 107 Å². The summed E-state index contributed by atoms with van der Waals surface area (Å²) < 4.78 is 4.98. The van der Waals surface area contributed by atoms with Crippen molar-refractivity contribution in [3.63, 3.8) is 0 Å². The summed E-state index contributed by atoms with van der Waals surface area (Å²) in [4.78, 5) is 33.3. The van der Waals surface area contributed by atoms with E-state index in [2.05, 4.69) is 0 Å². The largest absolute Gasteiger partial charge is 0.480 e. The average molecular weight is 301 g/mol. The zero-order valence-corrected chi connectivity index (χ0v) is 11.2. The quantitative estimate of drug-likeness (QED) is 0.299. The predicted octanol–water partition coefficient (Wildman–Crippen LogP) is 2.37. The molecule has 1 N–H and O–H groups in total. The van der Waals surface area contributed by atoms with Crippen molar-refractivity contribution in [1.29, 1.82) is 0 Å². The number of hydrogen-bond donors (Lipinski definition) is 1. The van der Waals surface area contributed by atoms with E-state index in [-0.39, 0.29) is 11.4 Å². The Bertz CT molecular complexity index is 696. The molecule has 0 fully saturated rings. The molecule has 112 valence electrons. The maximum Gasteiger partial charge on any atom is 0.330 e. The summed E-state index contributed by atoms with van der Waals surface area (Å²) in [6, 6.07) is 12.8. The molecule has 7 heteroatoms. The Labute approximate surface area is 124 Å². The molecule has 7 nitrogen and oxygen atoms in total. The molecule has 0 heterocycles. The molecule has 0 saturated carbocycles. The first-order valence-electron chi connectivity index (χ1n) is 6.23. The van der Waals surface area contributed by atoms with Gasteiger partial charge in [-0.05, 0) is 17.7 Å². The molecular formula is C15H11NO6. The summed E-state index contributed by atoms with van der Waals surface area (Å²) >= 11 is 0. The van der Waals surface area contributed by atoms with Crippen LogP contribution in [-0.4, -0.2) is 22.0 Å². The molecule has 0 saturated heterocycles. The first kappa shape index (κ1) is 15.2. The van der Waals surface area contributed by atoms with Crippen LogP contribution in [0.1, 0.15) is 11.5 Å². The van der Waals surface area contributed by atoms with Crippen LogP contribution >= 0.6 is 0 Å². The normalized spacial score (nSPS) is 11.5. The average Bonchev–Trinajstić information content (AvgIpc) is 2.48. The predicted molar refractivity (Wildman–Crippen MR) is 75.6 cm³/mol. The van der Waals surface area contributed by atoms with Gasteiger partial charge >= 0.3 is 11.9 Å². The van der Waals surface area contributed by atoms with Gasteiger partial charge in [-0.25, -0.2) is 0 Å². The number of rotatable bonds is 5. The summed E-state index contributed by atoms with van der Waals surface area (Å²) in [6.07, 6.45) is 0. The molecule has 0 spiro atoms. The van der Waals surface area contributed by atoms with Crippen LogP contribution in [0.3, 0.4) is 0 Å². The third-order valence-electron chi connectivity index (χ3n) is 2.88. The molecule has 0 aliphatic heterocycles. The van der Waals surface area contributed by atoms with Crippen LogP contribution in [0.4, 0.5) is 5.69 Å². The fourth-order valence-electron chi connectivity index (χ4n) is 1.84. The van der Waals surface area contributed by atoms with Crippen molar-refractivity contribution in [2.24, 2.45) is 0 Å². The van der Waals surface area contributed by atoms with Crippen molar-refractivity contribution in [2.45, 2.75) is 5.92 Å². The van der Waals surface area contributed by atoms with E-state index in [1.807, 2.05) is 0 Å². The van der Waals surface area contributed by atoms with E-state index in [0.29, 0.717) is 5.56 Å². The Morgan fingerprint density at radius 3 is 2.14 bits per heavy atom. The van der Waals surface area contributed by atoms with Crippen molar-refractivity contribution in [3.05, 3.63) is 70.3 Å². The van der Waals surface area contributed by atoms with Crippen LogP contribution in [0, 0.1) is 10.1 Å². The van der Waals surface area contributed by atoms with Gasteiger partial charge in [-0.2, -0.15) is 0 Å². The monoisotopic (exact) mass is 301 g/mol. The molecule has 0 radical (unpaired) electrons. The lowest BCUT2D eigenvalue weighted by Gasteiger charge is -2.12. The molecule has 1 unspecified atom stereocenters. The summed E-state index contributed by atoms with van der Waals surface area (Å²) in [5.74, 6) is -3.72. The Morgan fingerprint density at radius 1 is 1.05 bits per heavy atom. The van der Waals surface area contributed by atoms with E-state index in [0.717, 1.165) is 0 Å². The highest BCUT2D eigenvalue weighted by Gasteiger charge is 2.30. The minimum absolute atomic E-state index is 0.0396. The molecule has 2 aromatic carbocycles. The number of nitro groups is 1. The lowest BCUT2D eigenvalue weighted by molar-refractivity contribution is -0.384. The second-order valence-electron chi connectivity index (χ2n) is 4.35. The highest BCUT2D eigenvalue weighted by Crippen LogP contribution is 2.22. The zero-order chi connectivity index (χ0) is 16.1. The van der Waals surface area contributed by atoms with Gasteiger partial charge in [0.25, 0.3) is 5.69 Å². The smallest absolute Gasteiger partial charge is 0.330 e. The third kappa shape index (κ3) is 3.45. The molecule has 0 aliphatic rings. The number of nitro benzene ring substituents is 1. The minimum atomic E-state index is -1.46. The van der Waals surface area contributed by atoms with Crippen LogP contribution < -0.4 is 4.74 Å². The summed E-state index contributed by atoms with van der Waals surface area (Å²) in [5.41, 5.74) is 0.138. The number of aliphatic carboxylic acids is 1. The summed E-state index contributed by atoms with van der Waals surface area (Å²) in [7, 11) is 0. The number of benzene rings is 2. The van der Waals surface area contributed by atoms with Gasteiger partial charge in [-0.15, -0.1) is 0 Å². The number of carbonyl (C=O) groups excluding carboxylic acids is 1.